The molecule has 1 aromatic carbocycles. The molecule has 1 atom stereocenters. The Labute approximate surface area is 148 Å². The number of para-hydroxylation sites is 1. The molecule has 0 bridgehead atoms. The zero-order chi connectivity index (χ0) is 17.7. The smallest absolute Gasteiger partial charge is 0.263 e. The van der Waals surface area contributed by atoms with Crippen molar-refractivity contribution in [3.63, 3.8) is 0 Å². The Bertz CT molecular complexity index is 583. The molecule has 2 rings (SSSR count). The second kappa shape index (κ2) is 8.38. The molecule has 1 aliphatic rings. The van der Waals surface area contributed by atoms with Crippen molar-refractivity contribution in [2.75, 3.05) is 32.1 Å². The van der Waals surface area contributed by atoms with Crippen LogP contribution >= 0.6 is 11.6 Å². The maximum Gasteiger partial charge on any atom is 0.263 e. The second-order valence-electron chi connectivity index (χ2n) is 6.29. The Balaban J connectivity index is 1.95. The van der Waals surface area contributed by atoms with E-state index in [0.29, 0.717) is 32.1 Å². The number of hydrogen-bond acceptors (Lipinski definition) is 3. The van der Waals surface area contributed by atoms with Crippen LogP contribution in [0.15, 0.2) is 24.3 Å². The molecule has 0 N–H and O–H groups in total. The average Bonchev–Trinajstić information content (AvgIpc) is 2.60. The third kappa shape index (κ3) is 4.41. The summed E-state index contributed by atoms with van der Waals surface area (Å²) in [7, 11) is 0. The standard InChI is InChI=1S/C18H25ClN2O3/c1-13(2)15-6-4-5-7-16(15)24-14(3)18(23)21-10-8-20(9-11-21)17(22)12-19/h4-7,13-14H,8-12H2,1-3H3. The number of amides is 2. The molecule has 132 valence electrons. The maximum absolute atomic E-state index is 12.6. The van der Waals surface area contributed by atoms with E-state index in [1.165, 1.54) is 0 Å². The first kappa shape index (κ1) is 18.6. The molecule has 2 amide bonds. The number of halogens is 1. The van der Waals surface area contributed by atoms with Gasteiger partial charge in [0, 0.05) is 26.2 Å². The van der Waals surface area contributed by atoms with Gasteiger partial charge >= 0.3 is 0 Å². The molecule has 1 aliphatic heterocycles. The van der Waals surface area contributed by atoms with Gasteiger partial charge in [-0.3, -0.25) is 9.59 Å². The van der Waals surface area contributed by atoms with E-state index in [4.69, 9.17) is 16.3 Å². The average molecular weight is 353 g/mol. The van der Waals surface area contributed by atoms with Crippen LogP contribution in [-0.2, 0) is 9.59 Å². The number of carbonyl (C=O) groups is 2. The molecule has 1 saturated heterocycles. The van der Waals surface area contributed by atoms with E-state index in [1.54, 1.807) is 16.7 Å². The number of benzene rings is 1. The van der Waals surface area contributed by atoms with Gasteiger partial charge in [0.05, 0.1) is 0 Å². The van der Waals surface area contributed by atoms with E-state index in [0.717, 1.165) is 11.3 Å². The molecular formula is C18H25ClN2O3. The molecule has 24 heavy (non-hydrogen) atoms. The van der Waals surface area contributed by atoms with Crippen LogP contribution in [0.2, 0.25) is 0 Å². The van der Waals surface area contributed by atoms with E-state index < -0.39 is 6.10 Å². The highest BCUT2D eigenvalue weighted by Crippen LogP contribution is 2.27. The van der Waals surface area contributed by atoms with Crippen LogP contribution in [0.5, 0.6) is 5.75 Å². The fourth-order valence-corrected chi connectivity index (χ4v) is 2.99. The van der Waals surface area contributed by atoms with E-state index in [2.05, 4.69) is 13.8 Å². The summed E-state index contributed by atoms with van der Waals surface area (Å²) in [5, 5.41) is 0. The minimum absolute atomic E-state index is 0.0144. The highest BCUT2D eigenvalue weighted by Gasteiger charge is 2.28. The summed E-state index contributed by atoms with van der Waals surface area (Å²) in [5.74, 6) is 0.933. The van der Waals surface area contributed by atoms with Crippen molar-refractivity contribution in [1.82, 2.24) is 9.80 Å². The van der Waals surface area contributed by atoms with Crippen LogP contribution in [0, 0.1) is 0 Å². The Kier molecular flexibility index (Phi) is 6.49. The largest absolute Gasteiger partial charge is 0.481 e. The van der Waals surface area contributed by atoms with Gasteiger partial charge in [-0.1, -0.05) is 32.0 Å². The lowest BCUT2D eigenvalue weighted by molar-refractivity contribution is -0.143. The van der Waals surface area contributed by atoms with Gasteiger partial charge in [-0.2, -0.15) is 0 Å². The van der Waals surface area contributed by atoms with Crippen molar-refractivity contribution < 1.29 is 14.3 Å². The predicted octanol–water partition coefficient (Wildman–Crippen LogP) is 2.49. The first-order chi connectivity index (χ1) is 11.4. The number of nitrogens with zero attached hydrogens (tertiary/aromatic N) is 2. The molecule has 0 saturated carbocycles. The van der Waals surface area contributed by atoms with Gasteiger partial charge in [-0.15, -0.1) is 11.6 Å². The summed E-state index contributed by atoms with van der Waals surface area (Å²) >= 11 is 5.57. The third-order valence-corrected chi connectivity index (χ3v) is 4.48. The maximum atomic E-state index is 12.6. The Morgan fingerprint density at radius 3 is 2.25 bits per heavy atom. The fourth-order valence-electron chi connectivity index (χ4n) is 2.82. The highest BCUT2D eigenvalue weighted by molar-refractivity contribution is 6.27. The van der Waals surface area contributed by atoms with Crippen LogP contribution in [0.25, 0.3) is 0 Å². The van der Waals surface area contributed by atoms with E-state index in [9.17, 15) is 9.59 Å². The Morgan fingerprint density at radius 1 is 1.08 bits per heavy atom. The fraction of sp³-hybridized carbons (Fsp3) is 0.556. The Hall–Kier alpha value is -1.75. The molecule has 0 aliphatic carbocycles. The summed E-state index contributed by atoms with van der Waals surface area (Å²) in [4.78, 5) is 27.6. The summed E-state index contributed by atoms with van der Waals surface area (Å²) in [6, 6.07) is 7.81. The lowest BCUT2D eigenvalue weighted by Crippen LogP contribution is -2.53. The van der Waals surface area contributed by atoms with Gasteiger partial charge in [0.25, 0.3) is 5.91 Å². The van der Waals surface area contributed by atoms with Crippen LogP contribution in [0.3, 0.4) is 0 Å². The topological polar surface area (TPSA) is 49.9 Å². The number of alkyl halides is 1. The molecule has 1 heterocycles. The van der Waals surface area contributed by atoms with Gasteiger partial charge in [0.2, 0.25) is 5.91 Å². The number of piperazine rings is 1. The molecule has 5 nitrogen and oxygen atoms in total. The van der Waals surface area contributed by atoms with Crippen molar-refractivity contribution in [3.05, 3.63) is 29.8 Å². The number of rotatable bonds is 5. The Morgan fingerprint density at radius 2 is 1.67 bits per heavy atom. The van der Waals surface area contributed by atoms with Crippen molar-refractivity contribution in [2.45, 2.75) is 32.8 Å². The van der Waals surface area contributed by atoms with Crippen LogP contribution in [0.1, 0.15) is 32.3 Å². The minimum atomic E-state index is -0.555. The molecule has 1 fully saturated rings. The highest BCUT2D eigenvalue weighted by atomic mass is 35.5. The number of carbonyl (C=O) groups excluding carboxylic acids is 2. The SMILES string of the molecule is CC(Oc1ccccc1C(C)C)C(=O)N1CCN(C(=O)CCl)CC1. The van der Waals surface area contributed by atoms with Crippen molar-refractivity contribution in [2.24, 2.45) is 0 Å². The number of hydrogen-bond donors (Lipinski definition) is 0. The third-order valence-electron chi connectivity index (χ3n) is 4.25. The minimum Gasteiger partial charge on any atom is -0.481 e. The molecule has 0 aromatic heterocycles. The summed E-state index contributed by atoms with van der Waals surface area (Å²) < 4.78 is 5.92. The molecule has 1 unspecified atom stereocenters. The number of ether oxygens (including phenoxy) is 1. The molecule has 6 heteroatoms. The zero-order valence-electron chi connectivity index (χ0n) is 14.5. The van der Waals surface area contributed by atoms with Gasteiger partial charge < -0.3 is 14.5 Å². The van der Waals surface area contributed by atoms with Gasteiger partial charge in [-0.25, -0.2) is 0 Å². The first-order valence-corrected chi connectivity index (χ1v) is 8.85. The molecule has 0 radical (unpaired) electrons. The van der Waals surface area contributed by atoms with Crippen molar-refractivity contribution in [1.29, 1.82) is 0 Å². The van der Waals surface area contributed by atoms with Crippen LogP contribution in [-0.4, -0.2) is 59.8 Å². The molecule has 0 spiro atoms. The van der Waals surface area contributed by atoms with Crippen molar-refractivity contribution in [3.8, 4) is 5.75 Å². The first-order valence-electron chi connectivity index (χ1n) is 8.32. The quantitative estimate of drug-likeness (QED) is 0.765. The van der Waals surface area contributed by atoms with E-state index in [1.807, 2.05) is 24.3 Å². The normalized spacial score (nSPS) is 16.2. The van der Waals surface area contributed by atoms with Crippen LogP contribution < -0.4 is 4.74 Å². The van der Waals surface area contributed by atoms with Crippen LogP contribution in [0.4, 0.5) is 0 Å². The van der Waals surface area contributed by atoms with Crippen molar-refractivity contribution >= 4 is 23.4 Å². The van der Waals surface area contributed by atoms with Gasteiger partial charge in [0.15, 0.2) is 6.10 Å². The van der Waals surface area contributed by atoms with E-state index in [-0.39, 0.29) is 17.7 Å². The lowest BCUT2D eigenvalue weighted by Gasteiger charge is -2.35. The van der Waals surface area contributed by atoms with E-state index >= 15 is 0 Å². The predicted molar refractivity (Wildman–Crippen MR) is 94.5 cm³/mol. The van der Waals surface area contributed by atoms with Gasteiger partial charge in [0.1, 0.15) is 11.6 Å². The summed E-state index contributed by atoms with van der Waals surface area (Å²) in [5.41, 5.74) is 1.09. The summed E-state index contributed by atoms with van der Waals surface area (Å²) in [6.07, 6.45) is -0.555. The zero-order valence-corrected chi connectivity index (χ0v) is 15.3. The second-order valence-corrected chi connectivity index (χ2v) is 6.56. The summed E-state index contributed by atoms with van der Waals surface area (Å²) in [6.45, 7) is 8.04. The monoisotopic (exact) mass is 352 g/mol. The molecule has 1 aromatic rings. The molecular weight excluding hydrogens is 328 g/mol. The lowest BCUT2D eigenvalue weighted by atomic mass is 10.0. The van der Waals surface area contributed by atoms with Gasteiger partial charge in [-0.05, 0) is 24.5 Å².